The second-order valence-corrected chi connectivity index (χ2v) is 6.23. The van der Waals surface area contributed by atoms with Crippen LogP contribution in [-0.2, 0) is 11.2 Å². The average Bonchev–Trinajstić information content (AvgIpc) is 3.00. The molecule has 2 rings (SSSR count). The van der Waals surface area contributed by atoms with E-state index in [-0.39, 0.29) is 5.91 Å². The van der Waals surface area contributed by atoms with Gasteiger partial charge in [0.25, 0.3) is 0 Å². The lowest BCUT2D eigenvalue weighted by molar-refractivity contribution is -0.115. The van der Waals surface area contributed by atoms with Crippen molar-refractivity contribution in [1.82, 2.24) is 4.98 Å². The van der Waals surface area contributed by atoms with Crippen molar-refractivity contribution in [2.24, 2.45) is 0 Å². The molecule has 22 heavy (non-hydrogen) atoms. The summed E-state index contributed by atoms with van der Waals surface area (Å²) in [5.41, 5.74) is 0.748. The number of hydrogen-bond acceptors (Lipinski definition) is 4. The number of pyridine rings is 1. The lowest BCUT2D eigenvalue weighted by atomic mass is 10.3. The summed E-state index contributed by atoms with van der Waals surface area (Å²) in [5.74, 6) is 0.968. The van der Waals surface area contributed by atoms with E-state index < -0.39 is 0 Å². The minimum absolute atomic E-state index is 0.00373. The minimum Gasteiger partial charge on any atom is -0.357 e. The Bertz CT molecular complexity index is 560. The van der Waals surface area contributed by atoms with Gasteiger partial charge in [0.2, 0.25) is 5.91 Å². The summed E-state index contributed by atoms with van der Waals surface area (Å²) in [6.45, 7) is 6.35. The van der Waals surface area contributed by atoms with Gasteiger partial charge in [-0.3, -0.25) is 4.79 Å². The third kappa shape index (κ3) is 4.84. The van der Waals surface area contributed by atoms with Crippen LogP contribution < -0.4 is 10.2 Å². The Balaban J connectivity index is 1.94. The first-order chi connectivity index (χ1) is 10.7. The van der Waals surface area contributed by atoms with E-state index in [4.69, 9.17) is 0 Å². The fraction of sp³-hybridized carbons (Fsp3) is 0.412. The van der Waals surface area contributed by atoms with Gasteiger partial charge < -0.3 is 10.2 Å². The zero-order valence-corrected chi connectivity index (χ0v) is 14.0. The first kappa shape index (κ1) is 16.5. The summed E-state index contributed by atoms with van der Waals surface area (Å²) in [6.07, 6.45) is 4.35. The molecule has 2 heterocycles. The van der Waals surface area contributed by atoms with E-state index in [1.807, 2.05) is 29.6 Å². The van der Waals surface area contributed by atoms with Gasteiger partial charge in [-0.1, -0.05) is 19.9 Å². The first-order valence-electron chi connectivity index (χ1n) is 7.76. The summed E-state index contributed by atoms with van der Waals surface area (Å²) in [5, 5.41) is 4.88. The molecule has 0 aromatic carbocycles. The number of rotatable bonds is 8. The van der Waals surface area contributed by atoms with Crippen LogP contribution in [0.25, 0.3) is 0 Å². The van der Waals surface area contributed by atoms with Crippen LogP contribution in [0.5, 0.6) is 0 Å². The van der Waals surface area contributed by atoms with Gasteiger partial charge in [-0.15, -0.1) is 11.3 Å². The van der Waals surface area contributed by atoms with E-state index in [2.05, 4.69) is 29.0 Å². The predicted molar refractivity (Wildman–Crippen MR) is 93.7 cm³/mol. The van der Waals surface area contributed by atoms with E-state index in [1.54, 1.807) is 17.5 Å². The van der Waals surface area contributed by atoms with Crippen molar-refractivity contribution in [3.05, 3.63) is 40.7 Å². The van der Waals surface area contributed by atoms with Crippen molar-refractivity contribution < 1.29 is 4.79 Å². The molecule has 2 aromatic rings. The molecule has 0 aliphatic heterocycles. The maximum atomic E-state index is 12.0. The van der Waals surface area contributed by atoms with Crippen LogP contribution in [0.15, 0.2) is 35.8 Å². The van der Waals surface area contributed by atoms with Crippen molar-refractivity contribution in [1.29, 1.82) is 0 Å². The lowest BCUT2D eigenvalue weighted by Gasteiger charge is -2.22. The highest BCUT2D eigenvalue weighted by Gasteiger charge is 2.08. The number of nitrogens with one attached hydrogen (secondary N) is 1. The Morgan fingerprint density at radius 1 is 1.23 bits per heavy atom. The van der Waals surface area contributed by atoms with Gasteiger partial charge in [0, 0.05) is 18.0 Å². The molecule has 2 aromatic heterocycles. The summed E-state index contributed by atoms with van der Waals surface area (Å²) in [6, 6.07) is 7.83. The molecule has 0 atom stereocenters. The average molecular weight is 317 g/mol. The standard InChI is InChI=1S/C17H23N3OS/c1-3-9-20(10-4-2)16-8-7-14(13-18-16)19-17(21)12-15-6-5-11-22-15/h5-8,11,13H,3-4,9-10,12H2,1-2H3,(H,19,21). The van der Waals surface area contributed by atoms with Crippen LogP contribution in [0.2, 0.25) is 0 Å². The molecule has 0 radical (unpaired) electrons. The third-order valence-electron chi connectivity index (χ3n) is 3.26. The number of aromatic nitrogens is 1. The number of anilines is 2. The second kappa shape index (κ2) is 8.54. The molecular weight excluding hydrogens is 294 g/mol. The fourth-order valence-electron chi connectivity index (χ4n) is 2.30. The molecule has 0 bridgehead atoms. The number of hydrogen-bond donors (Lipinski definition) is 1. The fourth-order valence-corrected chi connectivity index (χ4v) is 3.01. The summed E-state index contributed by atoms with van der Waals surface area (Å²) in [4.78, 5) is 19.8. The molecule has 1 N–H and O–H groups in total. The molecule has 0 spiro atoms. The van der Waals surface area contributed by atoms with Crippen LogP contribution in [0.3, 0.4) is 0 Å². The Kier molecular flexibility index (Phi) is 6.40. The van der Waals surface area contributed by atoms with Crippen molar-refractivity contribution >= 4 is 28.7 Å². The topological polar surface area (TPSA) is 45.2 Å². The predicted octanol–water partition coefficient (Wildman–Crippen LogP) is 3.95. The van der Waals surface area contributed by atoms with Crippen LogP contribution in [0.4, 0.5) is 11.5 Å². The zero-order chi connectivity index (χ0) is 15.8. The normalized spacial score (nSPS) is 10.5. The molecule has 4 nitrogen and oxygen atoms in total. The van der Waals surface area contributed by atoms with Gasteiger partial charge in [-0.25, -0.2) is 4.98 Å². The molecule has 0 fully saturated rings. The van der Waals surface area contributed by atoms with Crippen LogP contribution in [0, 0.1) is 0 Å². The molecule has 1 amide bonds. The summed E-state index contributed by atoms with van der Waals surface area (Å²) in [7, 11) is 0. The zero-order valence-electron chi connectivity index (χ0n) is 13.2. The molecule has 0 saturated heterocycles. The summed E-state index contributed by atoms with van der Waals surface area (Å²) < 4.78 is 0. The van der Waals surface area contributed by atoms with Gasteiger partial charge in [-0.05, 0) is 36.4 Å². The largest absolute Gasteiger partial charge is 0.357 e. The van der Waals surface area contributed by atoms with E-state index in [1.165, 1.54) is 0 Å². The van der Waals surface area contributed by atoms with Crippen LogP contribution in [-0.4, -0.2) is 24.0 Å². The van der Waals surface area contributed by atoms with Gasteiger partial charge in [-0.2, -0.15) is 0 Å². The van der Waals surface area contributed by atoms with E-state index in [0.29, 0.717) is 6.42 Å². The van der Waals surface area contributed by atoms with E-state index in [0.717, 1.165) is 42.3 Å². The third-order valence-corrected chi connectivity index (χ3v) is 4.13. The van der Waals surface area contributed by atoms with Gasteiger partial charge in [0.15, 0.2) is 0 Å². The van der Waals surface area contributed by atoms with Gasteiger partial charge in [0.05, 0.1) is 18.3 Å². The number of thiophene rings is 1. The first-order valence-corrected chi connectivity index (χ1v) is 8.64. The Hall–Kier alpha value is -1.88. The van der Waals surface area contributed by atoms with E-state index in [9.17, 15) is 4.79 Å². The highest BCUT2D eigenvalue weighted by Crippen LogP contribution is 2.16. The smallest absolute Gasteiger partial charge is 0.229 e. The molecule has 5 heteroatoms. The van der Waals surface area contributed by atoms with Crippen molar-refractivity contribution in [2.75, 3.05) is 23.3 Å². The molecule has 0 unspecified atom stereocenters. The number of carbonyl (C=O) groups excluding carboxylic acids is 1. The molecular formula is C17H23N3OS. The highest BCUT2D eigenvalue weighted by molar-refractivity contribution is 7.10. The maximum absolute atomic E-state index is 12.0. The minimum atomic E-state index is -0.00373. The summed E-state index contributed by atoms with van der Waals surface area (Å²) >= 11 is 1.60. The van der Waals surface area contributed by atoms with Crippen LogP contribution >= 0.6 is 11.3 Å². The highest BCUT2D eigenvalue weighted by atomic mass is 32.1. The quantitative estimate of drug-likeness (QED) is 0.802. The molecule has 0 aliphatic rings. The lowest BCUT2D eigenvalue weighted by Crippen LogP contribution is -2.25. The second-order valence-electron chi connectivity index (χ2n) is 5.20. The van der Waals surface area contributed by atoms with Crippen molar-refractivity contribution in [2.45, 2.75) is 33.1 Å². The van der Waals surface area contributed by atoms with Gasteiger partial charge in [0.1, 0.15) is 5.82 Å². The van der Waals surface area contributed by atoms with Crippen LogP contribution in [0.1, 0.15) is 31.6 Å². The van der Waals surface area contributed by atoms with E-state index >= 15 is 0 Å². The Morgan fingerprint density at radius 3 is 2.55 bits per heavy atom. The number of carbonyl (C=O) groups is 1. The molecule has 118 valence electrons. The van der Waals surface area contributed by atoms with Crippen molar-refractivity contribution in [3.63, 3.8) is 0 Å². The molecule has 0 aliphatic carbocycles. The number of nitrogens with zero attached hydrogens (tertiary/aromatic N) is 2. The number of amides is 1. The van der Waals surface area contributed by atoms with Crippen molar-refractivity contribution in [3.8, 4) is 0 Å². The Labute approximate surface area is 136 Å². The van der Waals surface area contributed by atoms with Gasteiger partial charge >= 0.3 is 0 Å². The monoisotopic (exact) mass is 317 g/mol. The maximum Gasteiger partial charge on any atom is 0.229 e. The Morgan fingerprint density at radius 2 is 2.00 bits per heavy atom. The molecule has 0 saturated carbocycles. The SMILES string of the molecule is CCCN(CCC)c1ccc(NC(=O)Cc2cccs2)cn1.